The number of benzene rings is 2. The number of carbonyl (C=O) groups excluding carboxylic acids is 1. The Bertz CT molecular complexity index is 1160. The molecule has 2 aliphatic heterocycles. The van der Waals surface area contributed by atoms with E-state index in [1.165, 1.54) is 11.8 Å². The summed E-state index contributed by atoms with van der Waals surface area (Å²) in [5.74, 6) is 0.592. The van der Waals surface area contributed by atoms with Gasteiger partial charge in [0.2, 0.25) is 0 Å². The lowest BCUT2D eigenvalue weighted by Gasteiger charge is -2.34. The molecule has 33 heavy (non-hydrogen) atoms. The molecular weight excluding hydrogens is 483 g/mol. The Morgan fingerprint density at radius 2 is 1.91 bits per heavy atom. The summed E-state index contributed by atoms with van der Waals surface area (Å²) in [7, 11) is 1.57. The number of halogens is 2. The highest BCUT2D eigenvalue weighted by Crippen LogP contribution is 2.46. The molecule has 2 aromatic rings. The fourth-order valence-electron chi connectivity index (χ4n) is 3.75. The summed E-state index contributed by atoms with van der Waals surface area (Å²) in [5, 5.41) is 3.71. The second-order valence-electron chi connectivity index (χ2n) is 7.19. The van der Waals surface area contributed by atoms with Crippen molar-refractivity contribution in [3.05, 3.63) is 80.4 Å². The van der Waals surface area contributed by atoms with Crippen molar-refractivity contribution in [1.82, 2.24) is 4.90 Å². The Morgan fingerprint density at radius 1 is 1.18 bits per heavy atom. The van der Waals surface area contributed by atoms with Gasteiger partial charge in [0, 0.05) is 27.4 Å². The first kappa shape index (κ1) is 23.5. The van der Waals surface area contributed by atoms with Crippen molar-refractivity contribution in [3.63, 3.8) is 0 Å². The van der Waals surface area contributed by atoms with Crippen LogP contribution in [0.4, 0.5) is 0 Å². The number of amidine groups is 1. The highest BCUT2D eigenvalue weighted by atomic mass is 35.5. The molecule has 172 valence electrons. The van der Waals surface area contributed by atoms with Crippen LogP contribution < -0.4 is 9.47 Å². The van der Waals surface area contributed by atoms with Gasteiger partial charge in [0.05, 0.1) is 31.0 Å². The molecule has 0 N–H and O–H groups in total. The lowest BCUT2D eigenvalue weighted by Crippen LogP contribution is -2.34. The van der Waals surface area contributed by atoms with Crippen molar-refractivity contribution < 1.29 is 19.0 Å². The van der Waals surface area contributed by atoms with E-state index in [0.717, 1.165) is 10.7 Å². The van der Waals surface area contributed by atoms with E-state index in [-0.39, 0.29) is 13.2 Å². The largest absolute Gasteiger partial charge is 0.493 e. The average Bonchev–Trinajstić information content (AvgIpc) is 3.26. The Labute approximate surface area is 206 Å². The van der Waals surface area contributed by atoms with Gasteiger partial charge in [-0.2, -0.15) is 0 Å². The Hall–Kier alpha value is -2.61. The molecular formula is C24H22Cl2N2O4S. The third kappa shape index (κ3) is 4.58. The lowest BCUT2D eigenvalue weighted by molar-refractivity contribution is -0.139. The summed E-state index contributed by atoms with van der Waals surface area (Å²) in [5.41, 5.74) is 2.45. The highest BCUT2D eigenvalue weighted by Gasteiger charge is 2.39. The smallest absolute Gasteiger partial charge is 0.338 e. The van der Waals surface area contributed by atoms with Crippen LogP contribution in [-0.4, -0.2) is 29.8 Å². The fourth-order valence-corrected chi connectivity index (χ4v) is 5.05. The zero-order chi connectivity index (χ0) is 23.5. The number of esters is 1. The first-order valence-corrected chi connectivity index (χ1v) is 11.9. The molecule has 0 spiro atoms. The van der Waals surface area contributed by atoms with Crippen molar-refractivity contribution in [2.75, 3.05) is 13.7 Å². The van der Waals surface area contributed by atoms with E-state index in [2.05, 4.69) is 4.99 Å². The quantitative estimate of drug-likeness (QED) is 0.409. The number of para-hydroxylation sites is 1. The lowest BCUT2D eigenvalue weighted by atomic mass is 9.93. The number of hydrogen-bond acceptors (Lipinski definition) is 7. The average molecular weight is 505 g/mol. The van der Waals surface area contributed by atoms with Gasteiger partial charge >= 0.3 is 5.97 Å². The number of carbonyl (C=O) groups is 1. The summed E-state index contributed by atoms with van der Waals surface area (Å²) in [6, 6.07) is 10.4. The summed E-state index contributed by atoms with van der Waals surface area (Å²) in [6.45, 7) is 3.98. The van der Waals surface area contributed by atoms with Crippen molar-refractivity contribution in [1.29, 1.82) is 0 Å². The normalized spacial score (nSPS) is 17.1. The third-order valence-corrected chi connectivity index (χ3v) is 6.74. The molecule has 0 saturated heterocycles. The zero-order valence-corrected chi connectivity index (χ0v) is 20.6. The summed E-state index contributed by atoms with van der Waals surface area (Å²) in [4.78, 5) is 19.5. The van der Waals surface area contributed by atoms with Gasteiger partial charge in [-0.05, 0) is 37.5 Å². The topological polar surface area (TPSA) is 60.4 Å². The minimum atomic E-state index is -0.505. The number of ether oxygens (including phenoxy) is 3. The Balaban J connectivity index is 1.81. The van der Waals surface area contributed by atoms with Gasteiger partial charge in [-0.3, -0.25) is 0 Å². The van der Waals surface area contributed by atoms with Crippen molar-refractivity contribution >= 4 is 46.1 Å². The second-order valence-corrected chi connectivity index (χ2v) is 8.88. The predicted octanol–water partition coefficient (Wildman–Crippen LogP) is 6.35. The number of hydrogen-bond donors (Lipinski definition) is 0. The first-order valence-electron chi connectivity index (χ1n) is 10.3. The fraction of sp³-hybridized carbons (Fsp3) is 0.250. The molecule has 0 bridgehead atoms. The van der Waals surface area contributed by atoms with Crippen LogP contribution in [0.2, 0.25) is 10.0 Å². The van der Waals surface area contributed by atoms with E-state index in [4.69, 9.17) is 37.4 Å². The molecule has 4 rings (SSSR count). The maximum Gasteiger partial charge on any atom is 0.338 e. The van der Waals surface area contributed by atoms with Crippen LogP contribution >= 0.6 is 35.0 Å². The van der Waals surface area contributed by atoms with Gasteiger partial charge in [0.1, 0.15) is 6.61 Å². The standard InChI is InChI=1S/C24H22Cl2N2O4S/c1-4-31-23(29)20-14(2)27-24-28(11-12-33-24)21(20)15-7-5-10-19(30-3)22(15)32-13-16-17(25)8-6-9-18(16)26/h5-12,21H,4,13H2,1-3H3/t21-/m1/s1. The van der Waals surface area contributed by atoms with Crippen LogP contribution in [-0.2, 0) is 16.1 Å². The van der Waals surface area contributed by atoms with E-state index in [0.29, 0.717) is 38.4 Å². The van der Waals surface area contributed by atoms with Crippen molar-refractivity contribution in [2.45, 2.75) is 26.5 Å². The van der Waals surface area contributed by atoms with E-state index in [1.807, 2.05) is 35.6 Å². The number of thioether (sulfide) groups is 1. The maximum atomic E-state index is 13.0. The molecule has 2 aromatic carbocycles. The van der Waals surface area contributed by atoms with E-state index in [1.54, 1.807) is 38.3 Å². The number of methoxy groups -OCH3 is 1. The molecule has 1 atom stereocenters. The molecule has 0 aromatic heterocycles. The zero-order valence-electron chi connectivity index (χ0n) is 18.3. The second kappa shape index (κ2) is 10.1. The maximum absolute atomic E-state index is 13.0. The SMILES string of the molecule is CCOC(=O)C1=C(C)N=C2SC=CN2[C@@H]1c1cccc(OC)c1OCc1c(Cl)cccc1Cl. The predicted molar refractivity (Wildman–Crippen MR) is 132 cm³/mol. The van der Waals surface area contributed by atoms with Crippen molar-refractivity contribution in [3.8, 4) is 11.5 Å². The van der Waals surface area contributed by atoms with Gasteiger partial charge in [0.15, 0.2) is 16.7 Å². The number of fused-ring (bicyclic) bond motifs is 1. The number of allylic oxidation sites excluding steroid dienone is 1. The number of aliphatic imine (C=N–C) groups is 1. The van der Waals surface area contributed by atoms with Gasteiger partial charge in [-0.15, -0.1) is 0 Å². The molecule has 9 heteroatoms. The van der Waals surface area contributed by atoms with Gasteiger partial charge < -0.3 is 19.1 Å². The highest BCUT2D eigenvalue weighted by molar-refractivity contribution is 8.16. The Morgan fingerprint density at radius 3 is 2.61 bits per heavy atom. The van der Waals surface area contributed by atoms with Gasteiger partial charge in [-0.25, -0.2) is 9.79 Å². The van der Waals surface area contributed by atoms with E-state index >= 15 is 0 Å². The van der Waals surface area contributed by atoms with Crippen LogP contribution in [0.5, 0.6) is 11.5 Å². The minimum Gasteiger partial charge on any atom is -0.493 e. The monoisotopic (exact) mass is 504 g/mol. The molecule has 0 saturated carbocycles. The van der Waals surface area contributed by atoms with Gasteiger partial charge in [-0.1, -0.05) is 53.2 Å². The molecule has 2 heterocycles. The van der Waals surface area contributed by atoms with Crippen LogP contribution in [0, 0.1) is 0 Å². The molecule has 2 aliphatic rings. The van der Waals surface area contributed by atoms with E-state index in [9.17, 15) is 4.79 Å². The first-order chi connectivity index (χ1) is 16.0. The molecule has 0 fully saturated rings. The van der Waals surface area contributed by atoms with Crippen molar-refractivity contribution in [2.24, 2.45) is 4.99 Å². The summed E-state index contributed by atoms with van der Waals surface area (Å²) >= 11 is 14.2. The Kier molecular flexibility index (Phi) is 7.22. The van der Waals surface area contributed by atoms with E-state index < -0.39 is 12.0 Å². The van der Waals surface area contributed by atoms with Gasteiger partial charge in [0.25, 0.3) is 0 Å². The number of nitrogens with zero attached hydrogens (tertiary/aromatic N) is 2. The molecule has 6 nitrogen and oxygen atoms in total. The molecule has 0 amide bonds. The van der Waals surface area contributed by atoms with Crippen LogP contribution in [0.3, 0.4) is 0 Å². The molecule has 0 unspecified atom stereocenters. The molecule has 0 aliphatic carbocycles. The summed E-state index contributed by atoms with van der Waals surface area (Å²) < 4.78 is 17.3. The number of rotatable bonds is 7. The summed E-state index contributed by atoms with van der Waals surface area (Å²) in [6.07, 6.45) is 1.90. The third-order valence-electron chi connectivity index (χ3n) is 5.26. The van der Waals surface area contributed by atoms with Crippen LogP contribution in [0.15, 0.2) is 64.3 Å². The molecule has 0 radical (unpaired) electrons. The van der Waals surface area contributed by atoms with Crippen LogP contribution in [0.1, 0.15) is 31.0 Å². The minimum absolute atomic E-state index is 0.127. The van der Waals surface area contributed by atoms with Crippen LogP contribution in [0.25, 0.3) is 0 Å².